The third-order valence-electron chi connectivity index (χ3n) is 5.80. The first-order valence-corrected chi connectivity index (χ1v) is 12.6. The van der Waals surface area contributed by atoms with Gasteiger partial charge < -0.3 is 5.32 Å². The van der Waals surface area contributed by atoms with Crippen molar-refractivity contribution in [3.8, 4) is 10.6 Å². The molecule has 1 aliphatic heterocycles. The molecule has 0 aliphatic carbocycles. The van der Waals surface area contributed by atoms with Crippen molar-refractivity contribution in [1.29, 1.82) is 0 Å². The minimum atomic E-state index is -0.450. The zero-order valence-corrected chi connectivity index (χ0v) is 21.5. The summed E-state index contributed by atoms with van der Waals surface area (Å²) in [5.74, 6) is 0.0413. The summed E-state index contributed by atoms with van der Waals surface area (Å²) in [7, 11) is 0. The predicted octanol–water partition coefficient (Wildman–Crippen LogP) is 6.99. The zero-order valence-electron chi connectivity index (χ0n) is 19.1. The largest absolute Gasteiger partial charge is 0.317 e. The number of benzene rings is 2. The van der Waals surface area contributed by atoms with Crippen molar-refractivity contribution >= 4 is 56.2 Å². The van der Waals surface area contributed by atoms with Crippen molar-refractivity contribution in [1.82, 2.24) is 9.88 Å². The van der Waals surface area contributed by atoms with E-state index in [0.717, 1.165) is 47.1 Å². The molecule has 0 bridgehead atoms. The van der Waals surface area contributed by atoms with Gasteiger partial charge in [-0.25, -0.2) is 4.98 Å². The van der Waals surface area contributed by atoms with Crippen molar-refractivity contribution in [2.24, 2.45) is 5.41 Å². The number of rotatable bonds is 4. The molecule has 0 fully saturated rings. The Morgan fingerprint density at radius 1 is 1.06 bits per heavy atom. The van der Waals surface area contributed by atoms with E-state index < -0.39 is 5.41 Å². The molecule has 0 atom stereocenters. The van der Waals surface area contributed by atoms with E-state index in [0.29, 0.717) is 0 Å². The average molecular weight is 498 g/mol. The lowest BCUT2D eigenvalue weighted by atomic mass is 9.95. The number of carbonyl (C=O) groups is 1. The first-order valence-electron chi connectivity index (χ1n) is 11.0. The molecule has 0 saturated heterocycles. The Bertz CT molecular complexity index is 1240. The summed E-state index contributed by atoms with van der Waals surface area (Å²) in [4.78, 5) is 21.6. The Hall–Kier alpha value is -2.25. The Morgan fingerprint density at radius 3 is 2.52 bits per heavy atom. The quantitative estimate of drug-likeness (QED) is 0.330. The summed E-state index contributed by atoms with van der Waals surface area (Å²) in [5.41, 5.74) is 4.38. The van der Waals surface area contributed by atoms with Crippen LogP contribution in [-0.4, -0.2) is 22.3 Å². The second kappa shape index (κ2) is 9.55. The van der Waals surface area contributed by atoms with Crippen LogP contribution in [0.15, 0.2) is 54.6 Å². The van der Waals surface area contributed by atoms with Crippen LogP contribution in [-0.2, 0) is 24.3 Å². The molecule has 0 saturated carbocycles. The zero-order chi connectivity index (χ0) is 22.3. The van der Waals surface area contributed by atoms with E-state index in [1.165, 1.54) is 20.7 Å². The monoisotopic (exact) mass is 497 g/mol. The topological polar surface area (TPSA) is 45.2 Å². The lowest BCUT2D eigenvalue weighted by Crippen LogP contribution is -2.29. The van der Waals surface area contributed by atoms with Crippen molar-refractivity contribution in [3.05, 3.63) is 70.6 Å². The second-order valence-electron chi connectivity index (χ2n) is 9.35. The number of hydrogen-bond donors (Lipinski definition) is 1. The van der Waals surface area contributed by atoms with Crippen molar-refractivity contribution in [3.63, 3.8) is 0 Å². The summed E-state index contributed by atoms with van der Waals surface area (Å²) in [6.45, 7) is 8.71. The third-order valence-corrected chi connectivity index (χ3v) is 7.99. The summed E-state index contributed by atoms with van der Waals surface area (Å²) < 4.78 is 1.18. The lowest BCUT2D eigenvalue weighted by molar-refractivity contribution is -0.123. The number of thiazole rings is 1. The third kappa shape index (κ3) is 4.99. The van der Waals surface area contributed by atoms with Crippen LogP contribution in [0.5, 0.6) is 0 Å². The molecule has 1 amide bonds. The van der Waals surface area contributed by atoms with Crippen molar-refractivity contribution < 1.29 is 4.79 Å². The highest BCUT2D eigenvalue weighted by atomic mass is 35.5. The maximum Gasteiger partial charge on any atom is 0.230 e. The molecule has 5 rings (SSSR count). The van der Waals surface area contributed by atoms with E-state index in [1.54, 1.807) is 22.7 Å². The highest BCUT2D eigenvalue weighted by Crippen LogP contribution is 2.46. The number of aromatic nitrogens is 1. The van der Waals surface area contributed by atoms with Gasteiger partial charge in [0.2, 0.25) is 5.91 Å². The number of carbonyl (C=O) groups excluding carboxylic acids is 1. The standard InChI is InChI=1S/C26H27N3OS2.ClH/c1-26(2,3)25(30)28-24-22(23-27-19-11-7-8-12-20(19)31-23)18-13-14-29(16-21(18)32-24)15-17-9-5-4-6-10-17;/h4-12H,13-16H2,1-3H3,(H,28,30);1H. The minimum absolute atomic E-state index is 0. The van der Waals surface area contributed by atoms with Gasteiger partial charge >= 0.3 is 0 Å². The van der Waals surface area contributed by atoms with E-state index in [4.69, 9.17) is 4.98 Å². The number of anilines is 1. The normalized spacial score (nSPS) is 14.0. The SMILES string of the molecule is CC(C)(C)C(=O)Nc1sc2c(c1-c1nc3ccccc3s1)CCN(Cc1ccccc1)C2.Cl. The highest BCUT2D eigenvalue weighted by molar-refractivity contribution is 7.22. The Morgan fingerprint density at radius 2 is 1.79 bits per heavy atom. The number of halogens is 1. The van der Waals surface area contributed by atoms with Crippen LogP contribution in [0, 0.1) is 5.41 Å². The van der Waals surface area contributed by atoms with Gasteiger partial charge in [-0.3, -0.25) is 9.69 Å². The molecule has 0 unspecified atom stereocenters. The van der Waals surface area contributed by atoms with Crippen LogP contribution < -0.4 is 5.32 Å². The minimum Gasteiger partial charge on any atom is -0.317 e. The van der Waals surface area contributed by atoms with Gasteiger partial charge in [0.15, 0.2) is 0 Å². The van der Waals surface area contributed by atoms with E-state index >= 15 is 0 Å². The first-order chi connectivity index (χ1) is 15.4. The first kappa shape index (κ1) is 23.9. The fraction of sp³-hybridized carbons (Fsp3) is 0.308. The lowest BCUT2D eigenvalue weighted by Gasteiger charge is -2.27. The molecular formula is C26H28ClN3OS2. The van der Waals surface area contributed by atoms with Gasteiger partial charge in [0.05, 0.1) is 10.2 Å². The smallest absolute Gasteiger partial charge is 0.230 e. The molecule has 4 aromatic rings. The van der Waals surface area contributed by atoms with E-state index in [9.17, 15) is 4.79 Å². The fourth-order valence-electron chi connectivity index (χ4n) is 4.02. The molecule has 4 nitrogen and oxygen atoms in total. The molecule has 2 aromatic carbocycles. The predicted molar refractivity (Wildman–Crippen MR) is 143 cm³/mol. The number of nitrogens with one attached hydrogen (secondary N) is 1. The molecule has 3 heterocycles. The summed E-state index contributed by atoms with van der Waals surface area (Å²) >= 11 is 3.43. The van der Waals surface area contributed by atoms with Crippen LogP contribution in [0.2, 0.25) is 0 Å². The molecule has 2 aromatic heterocycles. The van der Waals surface area contributed by atoms with Crippen LogP contribution in [0.3, 0.4) is 0 Å². The maximum absolute atomic E-state index is 12.9. The van der Waals surface area contributed by atoms with Gasteiger partial charge in [0.1, 0.15) is 10.0 Å². The van der Waals surface area contributed by atoms with Crippen LogP contribution in [0.25, 0.3) is 20.8 Å². The molecule has 33 heavy (non-hydrogen) atoms. The molecule has 0 spiro atoms. The van der Waals surface area contributed by atoms with Gasteiger partial charge in [-0.1, -0.05) is 63.2 Å². The fourth-order valence-corrected chi connectivity index (χ4v) is 6.41. The molecule has 0 radical (unpaired) electrons. The van der Waals surface area contributed by atoms with Crippen molar-refractivity contribution in [2.45, 2.75) is 40.3 Å². The number of nitrogens with zero attached hydrogens (tertiary/aromatic N) is 2. The molecule has 172 valence electrons. The summed E-state index contributed by atoms with van der Waals surface area (Å²) in [5, 5.41) is 5.19. The molecule has 7 heteroatoms. The van der Waals surface area contributed by atoms with E-state index in [1.807, 2.05) is 26.8 Å². The van der Waals surface area contributed by atoms with Gasteiger partial charge in [-0.05, 0) is 29.7 Å². The highest BCUT2D eigenvalue weighted by Gasteiger charge is 2.30. The van der Waals surface area contributed by atoms with Gasteiger partial charge in [0, 0.05) is 35.5 Å². The van der Waals surface area contributed by atoms with E-state index in [-0.39, 0.29) is 18.3 Å². The van der Waals surface area contributed by atoms with E-state index in [2.05, 4.69) is 58.7 Å². The number of para-hydroxylation sites is 1. The second-order valence-corrected chi connectivity index (χ2v) is 11.5. The summed E-state index contributed by atoms with van der Waals surface area (Å²) in [6, 6.07) is 18.9. The molecule has 1 N–H and O–H groups in total. The average Bonchev–Trinajstić information content (AvgIpc) is 3.34. The molecule has 1 aliphatic rings. The van der Waals surface area contributed by atoms with Gasteiger partial charge in [0.25, 0.3) is 0 Å². The maximum atomic E-state index is 12.9. The molecular weight excluding hydrogens is 470 g/mol. The van der Waals surface area contributed by atoms with Crippen molar-refractivity contribution in [2.75, 3.05) is 11.9 Å². The summed E-state index contributed by atoms with van der Waals surface area (Å²) in [6.07, 6.45) is 0.968. The Balaban J connectivity index is 0.00000259. The van der Waals surface area contributed by atoms with Crippen LogP contribution >= 0.6 is 35.1 Å². The number of hydrogen-bond acceptors (Lipinski definition) is 5. The van der Waals surface area contributed by atoms with Crippen LogP contribution in [0.1, 0.15) is 36.8 Å². The number of amides is 1. The number of thiophene rings is 1. The van der Waals surface area contributed by atoms with Gasteiger partial charge in [-0.2, -0.15) is 0 Å². The Labute approximate surface area is 209 Å². The van der Waals surface area contributed by atoms with Crippen LogP contribution in [0.4, 0.5) is 5.00 Å². The van der Waals surface area contributed by atoms with Gasteiger partial charge in [-0.15, -0.1) is 35.1 Å². The number of fused-ring (bicyclic) bond motifs is 2. The Kier molecular flexibility index (Phi) is 6.91.